The van der Waals surface area contributed by atoms with Crippen molar-refractivity contribution in [2.75, 3.05) is 7.05 Å². The molecule has 1 fully saturated rings. The van der Waals surface area contributed by atoms with Gasteiger partial charge in [0.05, 0.1) is 6.10 Å². The third-order valence-corrected chi connectivity index (χ3v) is 2.26. The Morgan fingerprint density at radius 3 is 2.64 bits per heavy atom. The smallest absolute Gasteiger partial charge is 0.164 e. The monoisotopic (exact) mass is 201 g/mol. The van der Waals surface area contributed by atoms with E-state index in [1.54, 1.807) is 13.3 Å². The highest BCUT2D eigenvalue weighted by molar-refractivity contribution is 5.64. The third kappa shape index (κ3) is 2.53. The second-order valence-corrected chi connectivity index (χ2v) is 3.95. The van der Waals surface area contributed by atoms with Gasteiger partial charge >= 0.3 is 0 Å². The van der Waals surface area contributed by atoms with E-state index in [0.717, 1.165) is 0 Å². The highest BCUT2D eigenvalue weighted by Crippen LogP contribution is 2.29. The van der Waals surface area contributed by atoms with E-state index in [1.165, 1.54) is 0 Å². The Morgan fingerprint density at radius 2 is 2.14 bits per heavy atom. The average molecular weight is 201 g/mol. The Kier molecular flexibility index (Phi) is 3.64. The first-order valence-electron chi connectivity index (χ1n) is 4.96. The molecule has 0 unspecified atom stereocenters. The molecule has 0 amide bonds. The van der Waals surface area contributed by atoms with Crippen LogP contribution in [0.1, 0.15) is 27.2 Å². The Labute approximate surface area is 84.9 Å². The van der Waals surface area contributed by atoms with Gasteiger partial charge in [-0.25, -0.2) is 0 Å². The molecule has 0 bridgehead atoms. The number of aliphatic hydroxyl groups excluding tert-OH is 1. The van der Waals surface area contributed by atoms with Crippen molar-refractivity contribution < 1.29 is 14.6 Å². The fraction of sp³-hybridized carbons (Fsp3) is 0.900. The minimum atomic E-state index is -0.632. The molecule has 1 rings (SSSR count). The van der Waals surface area contributed by atoms with E-state index in [1.807, 2.05) is 20.8 Å². The van der Waals surface area contributed by atoms with E-state index in [0.29, 0.717) is 6.42 Å². The lowest BCUT2D eigenvalue weighted by Crippen LogP contribution is -2.35. The standard InChI is InChI=1S/C10H19NO3/c1-5-7(12)9-8(6-11-4)13-10(2,3)14-9/h6-9,12H,5H2,1-4H3/t7-,8-,9-/m1/s1. The third-order valence-electron chi connectivity index (χ3n) is 2.26. The first kappa shape index (κ1) is 11.6. The van der Waals surface area contributed by atoms with Gasteiger partial charge in [0.15, 0.2) is 5.79 Å². The molecule has 0 aromatic carbocycles. The zero-order valence-electron chi connectivity index (χ0n) is 9.23. The van der Waals surface area contributed by atoms with E-state index in [9.17, 15) is 5.11 Å². The van der Waals surface area contributed by atoms with E-state index in [4.69, 9.17) is 9.47 Å². The summed E-state index contributed by atoms with van der Waals surface area (Å²) in [6, 6.07) is 0. The van der Waals surface area contributed by atoms with Gasteiger partial charge in [-0.2, -0.15) is 0 Å². The van der Waals surface area contributed by atoms with E-state index in [-0.39, 0.29) is 12.2 Å². The van der Waals surface area contributed by atoms with Crippen molar-refractivity contribution in [1.82, 2.24) is 0 Å². The Hall–Kier alpha value is -0.450. The second-order valence-electron chi connectivity index (χ2n) is 3.95. The number of aliphatic hydroxyl groups is 1. The Balaban J connectivity index is 2.72. The van der Waals surface area contributed by atoms with Crippen LogP contribution in [0.5, 0.6) is 0 Å². The molecular weight excluding hydrogens is 182 g/mol. The molecule has 0 radical (unpaired) electrons. The molecule has 0 spiro atoms. The lowest BCUT2D eigenvalue weighted by molar-refractivity contribution is -0.152. The molecule has 0 aromatic heterocycles. The largest absolute Gasteiger partial charge is 0.390 e. The van der Waals surface area contributed by atoms with Crippen LogP contribution in [-0.4, -0.2) is 42.5 Å². The normalized spacial score (nSPS) is 33.8. The van der Waals surface area contributed by atoms with Gasteiger partial charge in [-0.1, -0.05) is 6.92 Å². The highest BCUT2D eigenvalue weighted by atomic mass is 16.8. The number of aliphatic imine (C=N–C) groups is 1. The number of rotatable bonds is 3. The number of hydrogen-bond acceptors (Lipinski definition) is 4. The van der Waals surface area contributed by atoms with Gasteiger partial charge in [0.2, 0.25) is 0 Å². The van der Waals surface area contributed by atoms with Crippen LogP contribution in [0.2, 0.25) is 0 Å². The summed E-state index contributed by atoms with van der Waals surface area (Å²) in [6.45, 7) is 5.59. The molecular formula is C10H19NO3. The van der Waals surface area contributed by atoms with Gasteiger partial charge < -0.3 is 14.6 Å². The summed E-state index contributed by atoms with van der Waals surface area (Å²) >= 11 is 0. The summed E-state index contributed by atoms with van der Waals surface area (Å²) in [6.07, 6.45) is 1.28. The zero-order valence-corrected chi connectivity index (χ0v) is 9.23. The molecule has 0 aliphatic carbocycles. The van der Waals surface area contributed by atoms with Crippen molar-refractivity contribution in [2.45, 2.75) is 51.3 Å². The van der Waals surface area contributed by atoms with Crippen LogP contribution in [0, 0.1) is 0 Å². The molecule has 1 heterocycles. The van der Waals surface area contributed by atoms with Gasteiger partial charge in [0.1, 0.15) is 12.2 Å². The van der Waals surface area contributed by atoms with E-state index < -0.39 is 11.9 Å². The number of hydrogen-bond donors (Lipinski definition) is 1. The molecule has 1 N–H and O–H groups in total. The van der Waals surface area contributed by atoms with E-state index in [2.05, 4.69) is 4.99 Å². The maximum absolute atomic E-state index is 9.72. The van der Waals surface area contributed by atoms with Crippen LogP contribution in [0.3, 0.4) is 0 Å². The van der Waals surface area contributed by atoms with Crippen LogP contribution >= 0.6 is 0 Å². The summed E-state index contributed by atoms with van der Waals surface area (Å²) in [5.41, 5.74) is 0. The Morgan fingerprint density at radius 1 is 1.50 bits per heavy atom. The van der Waals surface area contributed by atoms with Gasteiger partial charge in [0.25, 0.3) is 0 Å². The van der Waals surface area contributed by atoms with Crippen molar-refractivity contribution in [3.8, 4) is 0 Å². The molecule has 1 aliphatic rings. The molecule has 0 aromatic rings. The Bertz CT molecular complexity index is 215. The molecule has 4 nitrogen and oxygen atoms in total. The minimum absolute atomic E-state index is 0.245. The summed E-state index contributed by atoms with van der Waals surface area (Å²) in [4.78, 5) is 3.91. The maximum atomic E-state index is 9.72. The molecule has 82 valence electrons. The van der Waals surface area contributed by atoms with Crippen molar-refractivity contribution in [3.05, 3.63) is 0 Å². The van der Waals surface area contributed by atoms with Crippen molar-refractivity contribution in [1.29, 1.82) is 0 Å². The summed E-state index contributed by atoms with van der Waals surface area (Å²) in [7, 11) is 1.68. The van der Waals surface area contributed by atoms with Crippen molar-refractivity contribution in [2.24, 2.45) is 4.99 Å². The first-order valence-corrected chi connectivity index (χ1v) is 4.96. The van der Waals surface area contributed by atoms with Gasteiger partial charge in [-0.15, -0.1) is 0 Å². The van der Waals surface area contributed by atoms with Crippen molar-refractivity contribution in [3.63, 3.8) is 0 Å². The predicted octanol–water partition coefficient (Wildman–Crippen LogP) is 0.978. The second kappa shape index (κ2) is 4.38. The molecule has 1 saturated heterocycles. The molecule has 1 aliphatic heterocycles. The molecule has 4 heteroatoms. The minimum Gasteiger partial charge on any atom is -0.390 e. The molecule has 3 atom stereocenters. The zero-order chi connectivity index (χ0) is 10.8. The van der Waals surface area contributed by atoms with Gasteiger partial charge in [-0.3, -0.25) is 4.99 Å². The van der Waals surface area contributed by atoms with Crippen LogP contribution in [-0.2, 0) is 9.47 Å². The van der Waals surface area contributed by atoms with Crippen LogP contribution in [0.4, 0.5) is 0 Å². The topological polar surface area (TPSA) is 51.0 Å². The average Bonchev–Trinajstić information content (AvgIpc) is 2.41. The fourth-order valence-corrected chi connectivity index (χ4v) is 1.61. The summed E-state index contributed by atoms with van der Waals surface area (Å²) in [5, 5.41) is 9.72. The lowest BCUT2D eigenvalue weighted by atomic mass is 10.1. The SMILES string of the molecule is CC[C@@H](O)[C@H]1OC(C)(C)O[C@@H]1C=NC. The van der Waals surface area contributed by atoms with E-state index >= 15 is 0 Å². The van der Waals surface area contributed by atoms with Crippen LogP contribution < -0.4 is 0 Å². The lowest BCUT2D eigenvalue weighted by Gasteiger charge is -2.19. The molecule has 0 saturated carbocycles. The first-order chi connectivity index (χ1) is 6.50. The summed E-state index contributed by atoms with van der Waals surface area (Å²) < 4.78 is 11.2. The van der Waals surface area contributed by atoms with Crippen LogP contribution in [0.15, 0.2) is 4.99 Å². The van der Waals surface area contributed by atoms with Gasteiger partial charge in [0, 0.05) is 13.3 Å². The molecule has 14 heavy (non-hydrogen) atoms. The summed E-state index contributed by atoms with van der Waals surface area (Å²) in [5.74, 6) is -0.632. The number of nitrogens with zero attached hydrogens (tertiary/aromatic N) is 1. The van der Waals surface area contributed by atoms with Crippen LogP contribution in [0.25, 0.3) is 0 Å². The van der Waals surface area contributed by atoms with Gasteiger partial charge in [-0.05, 0) is 20.3 Å². The maximum Gasteiger partial charge on any atom is 0.164 e. The number of ether oxygens (including phenoxy) is 2. The highest BCUT2D eigenvalue weighted by Gasteiger charge is 2.43. The van der Waals surface area contributed by atoms with Crippen molar-refractivity contribution >= 4 is 6.21 Å². The fourth-order valence-electron chi connectivity index (χ4n) is 1.61. The quantitative estimate of drug-likeness (QED) is 0.692. The predicted molar refractivity (Wildman–Crippen MR) is 54.5 cm³/mol.